The SMILES string of the molecule is O=C(O)CN(CC1CC1)C1CC(Nc2cccc(F)c2[N+](=O)[O-])C1. The van der Waals surface area contributed by atoms with Gasteiger partial charge in [0, 0.05) is 18.6 Å². The number of aliphatic carboxylic acids is 1. The number of nitro groups is 1. The molecule has 3 rings (SSSR count). The van der Waals surface area contributed by atoms with E-state index in [1.807, 2.05) is 4.90 Å². The quantitative estimate of drug-likeness (QED) is 0.559. The lowest BCUT2D eigenvalue weighted by Crippen LogP contribution is -2.52. The molecule has 0 saturated heterocycles. The number of hydrogen-bond donors (Lipinski definition) is 2. The van der Waals surface area contributed by atoms with E-state index in [1.54, 1.807) is 0 Å². The van der Waals surface area contributed by atoms with Crippen LogP contribution in [0.1, 0.15) is 25.7 Å². The fraction of sp³-hybridized carbons (Fsp3) is 0.562. The van der Waals surface area contributed by atoms with Gasteiger partial charge in [-0.1, -0.05) is 6.07 Å². The molecule has 0 spiro atoms. The number of nitro benzene ring substituents is 1. The maximum Gasteiger partial charge on any atom is 0.327 e. The van der Waals surface area contributed by atoms with Gasteiger partial charge >= 0.3 is 11.7 Å². The molecule has 2 N–H and O–H groups in total. The molecule has 7 nitrogen and oxygen atoms in total. The summed E-state index contributed by atoms with van der Waals surface area (Å²) < 4.78 is 13.6. The smallest absolute Gasteiger partial charge is 0.327 e. The van der Waals surface area contributed by atoms with Gasteiger partial charge in [0.05, 0.1) is 11.5 Å². The van der Waals surface area contributed by atoms with Crippen LogP contribution in [0.5, 0.6) is 0 Å². The van der Waals surface area contributed by atoms with Crippen LogP contribution in [0.15, 0.2) is 18.2 Å². The van der Waals surface area contributed by atoms with Crippen LogP contribution in [-0.2, 0) is 4.79 Å². The van der Waals surface area contributed by atoms with Gasteiger partial charge in [0.15, 0.2) is 0 Å². The number of halogens is 1. The van der Waals surface area contributed by atoms with Crippen molar-refractivity contribution in [1.82, 2.24) is 4.90 Å². The van der Waals surface area contributed by atoms with E-state index < -0.39 is 22.4 Å². The van der Waals surface area contributed by atoms with E-state index >= 15 is 0 Å². The Balaban J connectivity index is 1.59. The Morgan fingerprint density at radius 3 is 2.71 bits per heavy atom. The molecule has 0 atom stereocenters. The molecule has 0 radical (unpaired) electrons. The average molecular weight is 337 g/mol. The maximum atomic E-state index is 13.6. The number of benzene rings is 1. The van der Waals surface area contributed by atoms with Crippen LogP contribution >= 0.6 is 0 Å². The van der Waals surface area contributed by atoms with Crippen LogP contribution in [-0.4, -0.2) is 46.1 Å². The first-order chi connectivity index (χ1) is 11.4. The Hall–Kier alpha value is -2.22. The fourth-order valence-electron chi connectivity index (χ4n) is 3.19. The number of carboxylic acids is 1. The third-order valence-corrected chi connectivity index (χ3v) is 4.69. The highest BCUT2D eigenvalue weighted by Crippen LogP contribution is 2.36. The van der Waals surface area contributed by atoms with Gasteiger partial charge in [0.25, 0.3) is 0 Å². The predicted octanol–water partition coefficient (Wildman–Crippen LogP) is 2.47. The summed E-state index contributed by atoms with van der Waals surface area (Å²) in [5.74, 6) is -1.10. The molecular weight excluding hydrogens is 317 g/mol. The molecule has 24 heavy (non-hydrogen) atoms. The first-order valence-corrected chi connectivity index (χ1v) is 8.09. The monoisotopic (exact) mass is 337 g/mol. The topological polar surface area (TPSA) is 95.7 Å². The molecule has 0 amide bonds. The summed E-state index contributed by atoms with van der Waals surface area (Å²) >= 11 is 0. The van der Waals surface area contributed by atoms with Gasteiger partial charge in [0.1, 0.15) is 5.69 Å². The van der Waals surface area contributed by atoms with Crippen molar-refractivity contribution in [1.29, 1.82) is 0 Å². The number of anilines is 1. The van der Waals surface area contributed by atoms with E-state index in [0.717, 1.165) is 25.5 Å². The third-order valence-electron chi connectivity index (χ3n) is 4.69. The van der Waals surface area contributed by atoms with Gasteiger partial charge < -0.3 is 10.4 Å². The normalized spacial score (nSPS) is 22.9. The Labute approximate surface area is 138 Å². The van der Waals surface area contributed by atoms with Crippen molar-refractivity contribution >= 4 is 17.3 Å². The van der Waals surface area contributed by atoms with Gasteiger partial charge in [-0.05, 0) is 43.7 Å². The zero-order valence-corrected chi connectivity index (χ0v) is 13.2. The lowest BCUT2D eigenvalue weighted by atomic mass is 9.85. The molecule has 2 aliphatic rings. The van der Waals surface area contributed by atoms with E-state index in [2.05, 4.69) is 5.32 Å². The molecule has 1 aromatic carbocycles. The minimum atomic E-state index is -0.859. The first-order valence-electron chi connectivity index (χ1n) is 8.09. The lowest BCUT2D eigenvalue weighted by molar-refractivity contribution is -0.386. The maximum absolute atomic E-state index is 13.6. The average Bonchev–Trinajstić information content (AvgIpc) is 3.24. The molecule has 2 aliphatic carbocycles. The highest BCUT2D eigenvalue weighted by molar-refractivity contribution is 5.69. The zero-order valence-electron chi connectivity index (χ0n) is 13.2. The summed E-state index contributed by atoms with van der Waals surface area (Å²) in [5.41, 5.74) is -0.364. The van der Waals surface area contributed by atoms with Crippen molar-refractivity contribution in [2.24, 2.45) is 5.92 Å². The lowest BCUT2D eigenvalue weighted by Gasteiger charge is -2.43. The summed E-state index contributed by atoms with van der Waals surface area (Å²) in [5, 5.41) is 23.1. The molecule has 0 unspecified atom stereocenters. The Bertz CT molecular complexity index is 644. The molecule has 8 heteroatoms. The molecule has 0 bridgehead atoms. The second-order valence-electron chi connectivity index (χ2n) is 6.63. The Morgan fingerprint density at radius 1 is 1.42 bits per heavy atom. The molecular formula is C16H20FN3O4. The number of nitrogens with one attached hydrogen (secondary N) is 1. The van der Waals surface area contributed by atoms with Crippen molar-refractivity contribution in [2.45, 2.75) is 37.8 Å². The standard InChI is InChI=1S/C16H20FN3O4/c17-13-2-1-3-14(16(13)20(23)24)18-11-6-12(7-11)19(9-15(21)22)8-10-4-5-10/h1-3,10-12,18H,4-9H2,(H,21,22). The second-order valence-corrected chi connectivity index (χ2v) is 6.63. The summed E-state index contributed by atoms with van der Waals surface area (Å²) in [6.07, 6.45) is 3.71. The Kier molecular flexibility index (Phi) is 4.66. The number of hydrogen-bond acceptors (Lipinski definition) is 5. The van der Waals surface area contributed by atoms with Crippen molar-refractivity contribution < 1.29 is 19.2 Å². The van der Waals surface area contributed by atoms with Gasteiger partial charge in [-0.2, -0.15) is 4.39 Å². The number of carboxylic acid groups (broad SMARTS) is 1. The van der Waals surface area contributed by atoms with Gasteiger partial charge in [0.2, 0.25) is 5.82 Å². The fourth-order valence-corrected chi connectivity index (χ4v) is 3.19. The van der Waals surface area contributed by atoms with E-state index in [4.69, 9.17) is 5.11 Å². The minimum Gasteiger partial charge on any atom is -0.480 e. The summed E-state index contributed by atoms with van der Waals surface area (Å²) in [6, 6.07) is 4.15. The van der Waals surface area contributed by atoms with E-state index in [9.17, 15) is 19.3 Å². The van der Waals surface area contributed by atoms with Crippen LogP contribution in [0.25, 0.3) is 0 Å². The predicted molar refractivity (Wildman–Crippen MR) is 85.4 cm³/mol. The second kappa shape index (κ2) is 6.72. The number of carbonyl (C=O) groups is 1. The summed E-state index contributed by atoms with van der Waals surface area (Å²) in [4.78, 5) is 23.3. The highest BCUT2D eigenvalue weighted by Gasteiger charge is 2.38. The number of rotatable bonds is 8. The number of para-hydroxylation sites is 1. The van der Waals surface area contributed by atoms with E-state index in [0.29, 0.717) is 18.8 Å². The molecule has 2 fully saturated rings. The number of nitrogens with zero attached hydrogens (tertiary/aromatic N) is 2. The summed E-state index contributed by atoms with van der Waals surface area (Å²) in [6.45, 7) is 0.817. The van der Waals surface area contributed by atoms with Crippen LogP contribution in [0.2, 0.25) is 0 Å². The van der Waals surface area contributed by atoms with E-state index in [-0.39, 0.29) is 24.3 Å². The zero-order chi connectivity index (χ0) is 17.3. The molecule has 0 aliphatic heterocycles. The Morgan fingerprint density at radius 2 is 2.12 bits per heavy atom. The minimum absolute atomic E-state index is 0.00834. The van der Waals surface area contributed by atoms with E-state index in [1.165, 1.54) is 12.1 Å². The molecule has 0 heterocycles. The molecule has 130 valence electrons. The molecule has 2 saturated carbocycles. The van der Waals surface area contributed by atoms with Gasteiger partial charge in [-0.25, -0.2) is 0 Å². The summed E-state index contributed by atoms with van der Waals surface area (Å²) in [7, 11) is 0. The van der Waals surface area contributed by atoms with Crippen molar-refractivity contribution in [3.8, 4) is 0 Å². The molecule has 1 aromatic rings. The third kappa shape index (κ3) is 3.81. The highest BCUT2D eigenvalue weighted by atomic mass is 19.1. The van der Waals surface area contributed by atoms with Crippen molar-refractivity contribution in [2.75, 3.05) is 18.4 Å². The largest absolute Gasteiger partial charge is 0.480 e. The molecule has 0 aromatic heterocycles. The van der Waals surface area contributed by atoms with Gasteiger partial charge in [-0.3, -0.25) is 19.8 Å². The van der Waals surface area contributed by atoms with Crippen LogP contribution in [0.4, 0.5) is 15.8 Å². The first kappa shape index (κ1) is 16.6. The van der Waals surface area contributed by atoms with Gasteiger partial charge in [-0.15, -0.1) is 0 Å². The van der Waals surface area contributed by atoms with Crippen LogP contribution in [0, 0.1) is 21.8 Å². The van der Waals surface area contributed by atoms with Crippen molar-refractivity contribution in [3.63, 3.8) is 0 Å². The van der Waals surface area contributed by atoms with Crippen molar-refractivity contribution in [3.05, 3.63) is 34.1 Å². The van der Waals surface area contributed by atoms with Crippen LogP contribution < -0.4 is 5.32 Å². The van der Waals surface area contributed by atoms with Crippen LogP contribution in [0.3, 0.4) is 0 Å².